The normalized spacial score (nSPS) is 16.7. The molecule has 4 N–H and O–H groups in total. The highest BCUT2D eigenvalue weighted by atomic mass is 32.1. The van der Waals surface area contributed by atoms with E-state index < -0.39 is 0 Å². The molecule has 0 saturated carbocycles. The largest absolute Gasteiger partial charge is 0.458 e. The third-order valence-electron chi connectivity index (χ3n) is 4.48. The molecule has 1 atom stereocenters. The molecule has 0 aromatic carbocycles. The van der Waals surface area contributed by atoms with Gasteiger partial charge in [-0.1, -0.05) is 0 Å². The molecule has 0 radical (unpaired) electrons. The lowest BCUT2D eigenvalue weighted by Crippen LogP contribution is -2.37. The summed E-state index contributed by atoms with van der Waals surface area (Å²) in [5.41, 5.74) is 6.79. The van der Waals surface area contributed by atoms with Crippen molar-refractivity contribution in [1.82, 2.24) is 26.4 Å². The summed E-state index contributed by atoms with van der Waals surface area (Å²) in [5.74, 6) is 1.45. The van der Waals surface area contributed by atoms with Gasteiger partial charge >= 0.3 is 0 Å². The Hall–Kier alpha value is -2.08. The lowest BCUT2D eigenvalue weighted by Gasteiger charge is -2.31. The van der Waals surface area contributed by atoms with Crippen LogP contribution in [0.25, 0.3) is 0 Å². The van der Waals surface area contributed by atoms with Gasteiger partial charge in [0.2, 0.25) is 0 Å². The molecule has 1 aromatic heterocycles. The summed E-state index contributed by atoms with van der Waals surface area (Å²) in [6, 6.07) is 4.00. The Morgan fingerprint density at radius 3 is 2.27 bits per heavy atom. The predicted octanol–water partition coefficient (Wildman–Crippen LogP) is 1.72. The number of hydrazone groups is 2. The maximum absolute atomic E-state index is 6.15. The van der Waals surface area contributed by atoms with Crippen LogP contribution in [0.5, 0.6) is 0 Å². The molecule has 1 aromatic rings. The molecule has 1 aliphatic rings. The van der Waals surface area contributed by atoms with Crippen LogP contribution in [0.2, 0.25) is 0 Å². The number of nitrogens with zero attached hydrogens (tertiary/aromatic N) is 3. The molecule has 0 aliphatic carbocycles. The van der Waals surface area contributed by atoms with Crippen molar-refractivity contribution in [3.63, 3.8) is 0 Å². The summed E-state index contributed by atoms with van der Waals surface area (Å²) < 4.78 is 11.6. The predicted molar refractivity (Wildman–Crippen MR) is 128 cm³/mol. The maximum atomic E-state index is 6.15. The van der Waals surface area contributed by atoms with Gasteiger partial charge in [0.25, 0.3) is 0 Å². The number of hydrogen-bond acceptors (Lipinski definition) is 7. The van der Waals surface area contributed by atoms with Crippen molar-refractivity contribution in [3.05, 3.63) is 23.7 Å². The van der Waals surface area contributed by atoms with E-state index >= 15 is 0 Å². The van der Waals surface area contributed by atoms with Gasteiger partial charge in [-0.2, -0.15) is 10.2 Å². The van der Waals surface area contributed by atoms with Gasteiger partial charge in [-0.15, -0.1) is 0 Å². The second-order valence-electron chi connectivity index (χ2n) is 6.63. The van der Waals surface area contributed by atoms with Crippen molar-refractivity contribution in [2.45, 2.75) is 33.7 Å². The van der Waals surface area contributed by atoms with Crippen molar-refractivity contribution in [3.8, 4) is 0 Å². The van der Waals surface area contributed by atoms with Crippen LogP contribution < -0.4 is 21.5 Å². The molecule has 0 amide bonds. The van der Waals surface area contributed by atoms with Crippen molar-refractivity contribution < 1.29 is 9.15 Å². The van der Waals surface area contributed by atoms with Gasteiger partial charge in [0.15, 0.2) is 16.0 Å². The van der Waals surface area contributed by atoms with Gasteiger partial charge in [0, 0.05) is 26.2 Å². The fourth-order valence-electron chi connectivity index (χ4n) is 2.86. The average Bonchev–Trinajstić information content (AvgIpc) is 3.22. The second kappa shape index (κ2) is 12.6. The first-order valence-electron chi connectivity index (χ1n) is 10.1. The highest BCUT2D eigenvalue weighted by molar-refractivity contribution is 7.80. The van der Waals surface area contributed by atoms with E-state index in [0.717, 1.165) is 32.1 Å². The number of furan rings is 1. The molecule has 1 saturated heterocycles. The summed E-state index contributed by atoms with van der Waals surface area (Å²) in [5, 5.41) is 15.6. The number of ether oxygens (including phenoxy) is 1. The van der Waals surface area contributed by atoms with Gasteiger partial charge in [-0.25, -0.2) is 0 Å². The Balaban J connectivity index is 2.22. The van der Waals surface area contributed by atoms with Crippen LogP contribution in [0.4, 0.5) is 0 Å². The minimum Gasteiger partial charge on any atom is -0.458 e. The van der Waals surface area contributed by atoms with Gasteiger partial charge in [-0.05, 0) is 64.3 Å². The number of thiocarbonyl (C=S) groups is 2. The van der Waals surface area contributed by atoms with Gasteiger partial charge in [0.1, 0.15) is 11.5 Å². The third-order valence-corrected chi connectivity index (χ3v) is 4.95. The van der Waals surface area contributed by atoms with Crippen LogP contribution in [-0.2, 0) is 4.74 Å². The minimum absolute atomic E-state index is 0.136. The van der Waals surface area contributed by atoms with Crippen molar-refractivity contribution >= 4 is 46.1 Å². The Bertz CT molecular complexity index is 773. The number of morpholine rings is 1. The second-order valence-corrected chi connectivity index (χ2v) is 7.44. The number of hydrogen-bond donors (Lipinski definition) is 4. The van der Waals surface area contributed by atoms with E-state index in [-0.39, 0.29) is 6.04 Å². The molecule has 0 unspecified atom stereocenters. The van der Waals surface area contributed by atoms with Gasteiger partial charge < -0.3 is 19.8 Å². The Labute approximate surface area is 188 Å². The molecule has 9 nitrogen and oxygen atoms in total. The van der Waals surface area contributed by atoms with Crippen LogP contribution in [-0.4, -0.2) is 65.9 Å². The quantitative estimate of drug-likeness (QED) is 0.266. The van der Waals surface area contributed by atoms with Gasteiger partial charge in [-0.3, -0.25) is 15.8 Å². The van der Waals surface area contributed by atoms with Crippen molar-refractivity contribution in [2.75, 3.05) is 39.4 Å². The molecule has 1 aliphatic heterocycles. The van der Waals surface area contributed by atoms with Gasteiger partial charge in [0.05, 0.1) is 25.0 Å². The van der Waals surface area contributed by atoms with E-state index in [1.54, 1.807) is 0 Å². The van der Waals surface area contributed by atoms with E-state index in [0.29, 0.717) is 40.5 Å². The fraction of sp³-hybridized carbons (Fsp3) is 0.579. The molecule has 2 heterocycles. The monoisotopic (exact) mass is 453 g/mol. The zero-order valence-electron chi connectivity index (χ0n) is 17.9. The van der Waals surface area contributed by atoms with Crippen LogP contribution in [0.3, 0.4) is 0 Å². The minimum atomic E-state index is 0.136. The first kappa shape index (κ1) is 24.2. The molecule has 2 rings (SSSR count). The SMILES string of the molecule is CCNC(=S)N/N=C(/C(C)=N/NC(=S)NCC)c1ccc([C@H](C)N2CCOCC2)o1. The summed E-state index contributed by atoms with van der Waals surface area (Å²) >= 11 is 10.4. The van der Waals surface area contributed by atoms with Crippen LogP contribution in [0.15, 0.2) is 26.8 Å². The number of rotatable bonds is 8. The number of nitrogens with one attached hydrogen (secondary N) is 4. The molecule has 11 heteroatoms. The maximum Gasteiger partial charge on any atom is 0.186 e. The highest BCUT2D eigenvalue weighted by Crippen LogP contribution is 2.23. The summed E-state index contributed by atoms with van der Waals surface area (Å²) in [6.07, 6.45) is 0. The standard InChI is InChI=1S/C19H31N7O2S2/c1-5-20-18(29)24-22-13(3)17(23-25-19(30)21-6-2)16-8-7-15(28-16)14(4)26-9-11-27-12-10-26/h7-8,14H,5-6,9-12H2,1-4H3,(H2,20,24,29)(H2,21,25,30)/b22-13+,23-17-/t14-/m0/s1. The van der Waals surface area contributed by atoms with Crippen LogP contribution in [0.1, 0.15) is 45.3 Å². The molecule has 0 spiro atoms. The zero-order valence-corrected chi connectivity index (χ0v) is 19.6. The van der Waals surface area contributed by atoms with E-state index in [1.165, 1.54) is 0 Å². The first-order chi connectivity index (χ1) is 14.5. The Kier molecular flexibility index (Phi) is 10.1. The van der Waals surface area contributed by atoms with E-state index in [1.807, 2.05) is 32.9 Å². The van der Waals surface area contributed by atoms with Crippen molar-refractivity contribution in [1.29, 1.82) is 0 Å². The van der Waals surface area contributed by atoms with E-state index in [9.17, 15) is 0 Å². The summed E-state index contributed by atoms with van der Waals surface area (Å²) in [6.45, 7) is 12.5. The Morgan fingerprint density at radius 2 is 1.67 bits per heavy atom. The fourth-order valence-corrected chi connectivity index (χ4v) is 3.24. The highest BCUT2D eigenvalue weighted by Gasteiger charge is 2.22. The Morgan fingerprint density at radius 1 is 1.07 bits per heavy atom. The molecule has 166 valence electrons. The first-order valence-corrected chi connectivity index (χ1v) is 10.9. The van der Waals surface area contributed by atoms with E-state index in [2.05, 4.69) is 43.5 Å². The molecular formula is C19H31N7O2S2. The zero-order chi connectivity index (χ0) is 21.9. The lowest BCUT2D eigenvalue weighted by atomic mass is 10.2. The molecular weight excluding hydrogens is 422 g/mol. The van der Waals surface area contributed by atoms with Crippen LogP contribution >= 0.6 is 24.4 Å². The van der Waals surface area contributed by atoms with E-state index in [4.69, 9.17) is 33.6 Å². The molecule has 1 fully saturated rings. The average molecular weight is 454 g/mol. The smallest absolute Gasteiger partial charge is 0.186 e. The lowest BCUT2D eigenvalue weighted by molar-refractivity contribution is 0.0157. The summed E-state index contributed by atoms with van der Waals surface area (Å²) in [4.78, 5) is 2.33. The van der Waals surface area contributed by atoms with Crippen LogP contribution in [0, 0.1) is 0 Å². The van der Waals surface area contributed by atoms with Crippen molar-refractivity contribution in [2.24, 2.45) is 10.2 Å². The topological polar surface area (TPSA) is 98.5 Å². The molecule has 0 bridgehead atoms. The molecule has 30 heavy (non-hydrogen) atoms. The summed E-state index contributed by atoms with van der Waals surface area (Å²) in [7, 11) is 0. The third kappa shape index (κ3) is 7.31.